The van der Waals surface area contributed by atoms with Crippen LogP contribution >= 0.6 is 0 Å². The number of nitrogens with one attached hydrogen (secondary N) is 2. The molecule has 0 unspecified atom stereocenters. The number of urea groups is 1. The average Bonchev–Trinajstić information content (AvgIpc) is 2.55. The van der Waals surface area contributed by atoms with Crippen LogP contribution in [-0.2, 0) is 20.5 Å². The molecule has 0 atom stereocenters. The zero-order valence-corrected chi connectivity index (χ0v) is 13.4. The number of benzene rings is 1. The van der Waals surface area contributed by atoms with Gasteiger partial charge < -0.3 is 10.1 Å². The monoisotopic (exact) mass is 358 g/mol. The Morgan fingerprint density at radius 2 is 1.80 bits per heavy atom. The molecule has 6 nitrogen and oxygen atoms in total. The van der Waals surface area contributed by atoms with Gasteiger partial charge in [0.15, 0.2) is 6.61 Å². The van der Waals surface area contributed by atoms with Crippen LogP contribution in [0.2, 0.25) is 0 Å². The topological polar surface area (TPSA) is 84.5 Å². The van der Waals surface area contributed by atoms with Gasteiger partial charge in [-0.1, -0.05) is 19.1 Å². The van der Waals surface area contributed by atoms with Gasteiger partial charge in [0.2, 0.25) is 0 Å². The summed E-state index contributed by atoms with van der Waals surface area (Å²) in [6.07, 6.45) is -1.52. The Hall–Kier alpha value is -2.84. The molecule has 0 fully saturated rings. The number of halogens is 3. The molecule has 1 aromatic carbocycles. The second kappa shape index (κ2) is 9.45. The summed E-state index contributed by atoms with van der Waals surface area (Å²) in [7, 11) is 0. The van der Waals surface area contributed by atoms with Gasteiger partial charge in [-0.3, -0.25) is 10.1 Å². The fourth-order valence-electron chi connectivity index (χ4n) is 1.58. The van der Waals surface area contributed by atoms with Crippen LogP contribution in [0.25, 0.3) is 6.08 Å². The van der Waals surface area contributed by atoms with Gasteiger partial charge in [0, 0.05) is 12.6 Å². The van der Waals surface area contributed by atoms with Gasteiger partial charge in [0.05, 0.1) is 5.56 Å². The van der Waals surface area contributed by atoms with Crippen LogP contribution in [0.1, 0.15) is 24.5 Å². The van der Waals surface area contributed by atoms with Crippen LogP contribution in [0.15, 0.2) is 30.3 Å². The van der Waals surface area contributed by atoms with Crippen molar-refractivity contribution in [2.45, 2.75) is 19.5 Å². The molecular formula is C16H17F3N2O4. The molecule has 0 spiro atoms. The van der Waals surface area contributed by atoms with Crippen LogP contribution in [0.3, 0.4) is 0 Å². The van der Waals surface area contributed by atoms with Crippen molar-refractivity contribution in [1.29, 1.82) is 0 Å². The van der Waals surface area contributed by atoms with E-state index in [4.69, 9.17) is 0 Å². The van der Waals surface area contributed by atoms with Crippen LogP contribution in [0.4, 0.5) is 18.0 Å². The Labute approximate surface area is 142 Å². The number of imide groups is 1. The summed E-state index contributed by atoms with van der Waals surface area (Å²) >= 11 is 0. The third-order valence-electron chi connectivity index (χ3n) is 2.78. The maximum absolute atomic E-state index is 12.4. The molecule has 25 heavy (non-hydrogen) atoms. The number of carbonyl (C=O) groups is 3. The van der Waals surface area contributed by atoms with Crippen LogP contribution in [0.5, 0.6) is 0 Å². The molecule has 1 rings (SSSR count). The molecule has 1 aromatic rings. The predicted molar refractivity (Wildman–Crippen MR) is 83.3 cm³/mol. The summed E-state index contributed by atoms with van der Waals surface area (Å²) in [5, 5.41) is 4.37. The first-order valence-electron chi connectivity index (χ1n) is 7.32. The predicted octanol–water partition coefficient (Wildman–Crippen LogP) is 2.50. The Kier molecular flexibility index (Phi) is 7.64. The van der Waals surface area contributed by atoms with E-state index in [1.54, 1.807) is 0 Å². The van der Waals surface area contributed by atoms with Crippen molar-refractivity contribution in [2.24, 2.45) is 0 Å². The average molecular weight is 358 g/mol. The van der Waals surface area contributed by atoms with Gasteiger partial charge in [-0.25, -0.2) is 9.59 Å². The van der Waals surface area contributed by atoms with E-state index in [-0.39, 0.29) is 0 Å². The highest BCUT2D eigenvalue weighted by Crippen LogP contribution is 2.29. The smallest absolute Gasteiger partial charge is 0.416 e. The van der Waals surface area contributed by atoms with E-state index in [1.807, 2.05) is 12.2 Å². The quantitative estimate of drug-likeness (QED) is 0.604. The molecule has 9 heteroatoms. The number of amides is 3. The molecule has 2 N–H and O–H groups in total. The molecule has 136 valence electrons. The Balaban J connectivity index is 2.42. The van der Waals surface area contributed by atoms with Crippen LogP contribution in [0, 0.1) is 0 Å². The van der Waals surface area contributed by atoms with Gasteiger partial charge in [-0.2, -0.15) is 13.2 Å². The van der Waals surface area contributed by atoms with E-state index in [2.05, 4.69) is 10.1 Å². The van der Waals surface area contributed by atoms with Crippen molar-refractivity contribution >= 4 is 24.0 Å². The van der Waals surface area contributed by atoms with E-state index >= 15 is 0 Å². The standard InChI is InChI=1S/C16H17F3N2O4/c1-2-9-20-15(24)21-13(22)10-25-14(23)8-5-11-3-6-12(7-4-11)16(17,18)19/h3-8H,2,9-10H2,1H3,(H2,20,21,22,24)/b8-5+. The maximum atomic E-state index is 12.4. The lowest BCUT2D eigenvalue weighted by Gasteiger charge is -2.06. The zero-order chi connectivity index (χ0) is 18.9. The first kappa shape index (κ1) is 20.2. The molecule has 0 aliphatic rings. The Morgan fingerprint density at radius 1 is 1.16 bits per heavy atom. The lowest BCUT2D eigenvalue weighted by Crippen LogP contribution is -2.41. The van der Waals surface area contributed by atoms with Gasteiger partial charge in [-0.15, -0.1) is 0 Å². The Bertz CT molecular complexity index is 640. The second-order valence-corrected chi connectivity index (χ2v) is 4.86. The number of alkyl halides is 3. The number of rotatable bonds is 6. The zero-order valence-electron chi connectivity index (χ0n) is 13.4. The molecule has 0 heterocycles. The van der Waals surface area contributed by atoms with Gasteiger partial charge in [0.25, 0.3) is 5.91 Å². The summed E-state index contributed by atoms with van der Waals surface area (Å²) in [5.74, 6) is -1.67. The highest BCUT2D eigenvalue weighted by Gasteiger charge is 2.29. The largest absolute Gasteiger partial charge is 0.452 e. The van der Waals surface area contributed by atoms with Crippen molar-refractivity contribution < 1.29 is 32.3 Å². The lowest BCUT2D eigenvalue weighted by molar-refractivity contribution is -0.143. The van der Waals surface area contributed by atoms with E-state index < -0.39 is 36.3 Å². The molecule has 0 radical (unpaired) electrons. The first-order valence-corrected chi connectivity index (χ1v) is 7.32. The first-order chi connectivity index (χ1) is 11.7. The minimum atomic E-state index is -4.43. The third-order valence-corrected chi connectivity index (χ3v) is 2.78. The van der Waals surface area contributed by atoms with Crippen LogP contribution in [-0.4, -0.2) is 31.1 Å². The molecule has 0 aromatic heterocycles. The number of esters is 1. The minimum absolute atomic E-state index is 0.355. The molecule has 0 bridgehead atoms. The van der Waals surface area contributed by atoms with Crippen molar-refractivity contribution in [1.82, 2.24) is 10.6 Å². The summed E-state index contributed by atoms with van der Waals surface area (Å²) in [6, 6.07) is 3.46. The molecule has 0 aliphatic carbocycles. The van der Waals surface area contributed by atoms with Gasteiger partial charge in [-0.05, 0) is 30.2 Å². The maximum Gasteiger partial charge on any atom is 0.416 e. The SMILES string of the molecule is CCCNC(=O)NC(=O)COC(=O)/C=C/c1ccc(C(F)(F)F)cc1. The summed E-state index contributed by atoms with van der Waals surface area (Å²) in [6.45, 7) is 1.58. The van der Waals surface area contributed by atoms with Crippen LogP contribution < -0.4 is 10.6 Å². The summed E-state index contributed by atoms with van der Waals surface area (Å²) in [4.78, 5) is 34.0. The van der Waals surface area contributed by atoms with Crippen molar-refractivity contribution in [3.8, 4) is 0 Å². The normalized spacial score (nSPS) is 11.2. The van der Waals surface area contributed by atoms with E-state index in [0.717, 1.165) is 18.2 Å². The molecular weight excluding hydrogens is 341 g/mol. The highest BCUT2D eigenvalue weighted by molar-refractivity contribution is 5.96. The minimum Gasteiger partial charge on any atom is -0.452 e. The fourth-order valence-corrected chi connectivity index (χ4v) is 1.58. The third kappa shape index (κ3) is 8.00. The lowest BCUT2D eigenvalue weighted by atomic mass is 10.1. The molecule has 3 amide bonds. The van der Waals surface area contributed by atoms with Gasteiger partial charge >= 0.3 is 18.2 Å². The van der Waals surface area contributed by atoms with E-state index in [9.17, 15) is 27.6 Å². The highest BCUT2D eigenvalue weighted by atomic mass is 19.4. The van der Waals surface area contributed by atoms with E-state index in [1.165, 1.54) is 18.2 Å². The number of hydrogen-bond donors (Lipinski definition) is 2. The second-order valence-electron chi connectivity index (χ2n) is 4.86. The van der Waals surface area contributed by atoms with Crippen molar-refractivity contribution in [3.05, 3.63) is 41.5 Å². The number of carbonyl (C=O) groups excluding carboxylic acids is 3. The number of ether oxygens (including phenoxy) is 1. The molecule has 0 aliphatic heterocycles. The van der Waals surface area contributed by atoms with E-state index in [0.29, 0.717) is 18.5 Å². The van der Waals surface area contributed by atoms with Crippen molar-refractivity contribution in [2.75, 3.05) is 13.2 Å². The van der Waals surface area contributed by atoms with Gasteiger partial charge in [0.1, 0.15) is 0 Å². The molecule has 0 saturated carbocycles. The van der Waals surface area contributed by atoms with Crippen molar-refractivity contribution in [3.63, 3.8) is 0 Å². The summed E-state index contributed by atoms with van der Waals surface area (Å²) in [5.41, 5.74) is -0.446. The summed E-state index contributed by atoms with van der Waals surface area (Å²) < 4.78 is 41.8. The fraction of sp³-hybridized carbons (Fsp3) is 0.312. The Morgan fingerprint density at radius 3 is 2.36 bits per heavy atom. The molecule has 0 saturated heterocycles. The number of hydrogen-bond acceptors (Lipinski definition) is 4.